The lowest BCUT2D eigenvalue weighted by Crippen LogP contribution is -2.66. The van der Waals surface area contributed by atoms with E-state index in [9.17, 15) is 14.4 Å². The van der Waals surface area contributed by atoms with E-state index in [2.05, 4.69) is 54.5 Å². The van der Waals surface area contributed by atoms with Crippen LogP contribution in [0.3, 0.4) is 0 Å². The van der Waals surface area contributed by atoms with E-state index >= 15 is 0 Å². The summed E-state index contributed by atoms with van der Waals surface area (Å²) in [4.78, 5) is 39.8. The molecule has 0 heterocycles. The van der Waals surface area contributed by atoms with Gasteiger partial charge in [-0.25, -0.2) is 0 Å². The van der Waals surface area contributed by atoms with Crippen LogP contribution in [0.1, 0.15) is 113 Å². The van der Waals surface area contributed by atoms with E-state index in [1.165, 1.54) is 19.6 Å². The SMILES string of the molecule is COC(=O)[C@]12CCC(C)(C)C[C@H]1[C@H]1C(=O)C=C3[C@@]4(C)CC[C@H](OC(C)=O)C(C)(C)[C@@H]4CC[C@@]3(C)[C@]1(C)CC2. The van der Waals surface area contributed by atoms with Crippen molar-refractivity contribution in [2.24, 2.45) is 50.2 Å². The molecule has 0 radical (unpaired) electrons. The monoisotopic (exact) mass is 526 g/mol. The molecule has 5 rings (SSSR count). The maximum atomic E-state index is 14.4. The number of carbonyl (C=O) groups excluding carboxylic acids is 3. The van der Waals surface area contributed by atoms with Gasteiger partial charge in [0, 0.05) is 18.3 Å². The number of rotatable bonds is 2. The van der Waals surface area contributed by atoms with Crippen LogP contribution in [0.25, 0.3) is 0 Å². The first-order valence-corrected chi connectivity index (χ1v) is 15.0. The van der Waals surface area contributed by atoms with Crippen molar-refractivity contribution in [1.82, 2.24) is 0 Å². The molecule has 0 spiro atoms. The predicted molar refractivity (Wildman–Crippen MR) is 147 cm³/mol. The van der Waals surface area contributed by atoms with Gasteiger partial charge in [0.2, 0.25) is 0 Å². The van der Waals surface area contributed by atoms with Gasteiger partial charge in [-0.1, -0.05) is 54.0 Å². The number of hydrogen-bond donors (Lipinski definition) is 0. The van der Waals surface area contributed by atoms with E-state index in [0.29, 0.717) is 5.92 Å². The molecule has 0 bridgehead atoms. The van der Waals surface area contributed by atoms with Crippen molar-refractivity contribution >= 4 is 17.7 Å². The van der Waals surface area contributed by atoms with Crippen molar-refractivity contribution < 1.29 is 23.9 Å². The van der Waals surface area contributed by atoms with Crippen molar-refractivity contribution in [2.45, 2.75) is 119 Å². The second-order valence-electron chi connectivity index (χ2n) is 15.8. The lowest BCUT2D eigenvalue weighted by molar-refractivity contribution is -0.197. The number of ketones is 1. The fourth-order valence-corrected chi connectivity index (χ4v) is 11.0. The Labute approximate surface area is 229 Å². The topological polar surface area (TPSA) is 69.7 Å². The van der Waals surface area contributed by atoms with Crippen molar-refractivity contribution in [1.29, 1.82) is 0 Å². The second kappa shape index (κ2) is 8.43. The Morgan fingerprint density at radius 2 is 1.55 bits per heavy atom. The Bertz CT molecular complexity index is 1080. The number of hydrogen-bond acceptors (Lipinski definition) is 5. The number of methoxy groups -OCH3 is 1. The molecule has 5 nitrogen and oxygen atoms in total. The number of fused-ring (bicyclic) bond motifs is 7. The molecule has 0 aromatic heterocycles. The van der Waals surface area contributed by atoms with Crippen LogP contribution in [0.2, 0.25) is 0 Å². The summed E-state index contributed by atoms with van der Waals surface area (Å²) in [5.41, 5.74) is 0.312. The Morgan fingerprint density at radius 3 is 2.18 bits per heavy atom. The van der Waals surface area contributed by atoms with Crippen LogP contribution in [0.4, 0.5) is 0 Å². The van der Waals surface area contributed by atoms with Crippen molar-refractivity contribution in [3.8, 4) is 0 Å². The van der Waals surface area contributed by atoms with Crippen molar-refractivity contribution in [2.75, 3.05) is 7.11 Å². The van der Waals surface area contributed by atoms with Gasteiger partial charge >= 0.3 is 11.9 Å². The maximum Gasteiger partial charge on any atom is 0.312 e. The Morgan fingerprint density at radius 1 is 0.895 bits per heavy atom. The molecule has 212 valence electrons. The first-order valence-electron chi connectivity index (χ1n) is 15.0. The van der Waals surface area contributed by atoms with Crippen molar-refractivity contribution in [3.05, 3.63) is 11.6 Å². The minimum absolute atomic E-state index is 0.0150. The largest absolute Gasteiger partial charge is 0.469 e. The van der Waals surface area contributed by atoms with Gasteiger partial charge in [-0.3, -0.25) is 14.4 Å². The summed E-state index contributed by atoms with van der Waals surface area (Å²) in [6, 6.07) is 0. The molecular weight excluding hydrogens is 476 g/mol. The van der Waals surface area contributed by atoms with Gasteiger partial charge in [0.25, 0.3) is 0 Å². The molecule has 38 heavy (non-hydrogen) atoms. The molecule has 4 fully saturated rings. The third-order valence-corrected chi connectivity index (χ3v) is 13.2. The highest BCUT2D eigenvalue weighted by atomic mass is 16.5. The zero-order valence-corrected chi connectivity index (χ0v) is 25.3. The molecule has 8 atom stereocenters. The minimum Gasteiger partial charge on any atom is -0.469 e. The molecule has 0 saturated heterocycles. The highest BCUT2D eigenvalue weighted by molar-refractivity contribution is 5.96. The number of carbonyl (C=O) groups is 3. The number of allylic oxidation sites excluding steroid dienone is 2. The van der Waals surface area contributed by atoms with E-state index in [4.69, 9.17) is 9.47 Å². The third kappa shape index (κ3) is 3.51. The molecule has 5 aliphatic rings. The second-order valence-corrected chi connectivity index (χ2v) is 15.8. The Balaban J connectivity index is 1.60. The highest BCUT2D eigenvalue weighted by Gasteiger charge is 2.71. The quantitative estimate of drug-likeness (QED) is 0.360. The third-order valence-electron chi connectivity index (χ3n) is 13.2. The smallest absolute Gasteiger partial charge is 0.312 e. The summed E-state index contributed by atoms with van der Waals surface area (Å²) in [5.74, 6) is 0.120. The van der Waals surface area contributed by atoms with E-state index in [1.54, 1.807) is 0 Å². The fraction of sp³-hybridized carbons (Fsp3) is 0.848. The van der Waals surface area contributed by atoms with Crippen LogP contribution in [0.5, 0.6) is 0 Å². The summed E-state index contributed by atoms with van der Waals surface area (Å²) in [5, 5.41) is 0. The maximum absolute atomic E-state index is 14.4. The van der Waals surface area contributed by atoms with Crippen molar-refractivity contribution in [3.63, 3.8) is 0 Å². The van der Waals surface area contributed by atoms with E-state index in [0.717, 1.165) is 57.8 Å². The summed E-state index contributed by atoms with van der Waals surface area (Å²) in [6.07, 6.45) is 10.2. The lowest BCUT2D eigenvalue weighted by atomic mass is 9.34. The fourth-order valence-electron chi connectivity index (χ4n) is 11.0. The van der Waals surface area contributed by atoms with E-state index in [-0.39, 0.29) is 62.7 Å². The molecule has 0 unspecified atom stereocenters. The van der Waals surface area contributed by atoms with Gasteiger partial charge < -0.3 is 9.47 Å². The molecule has 0 aliphatic heterocycles. The molecule has 0 amide bonds. The van der Waals surface area contributed by atoms with Gasteiger partial charge in [0.1, 0.15) is 6.10 Å². The zero-order chi connectivity index (χ0) is 28.1. The normalized spacial score (nSPS) is 46.9. The van der Waals surface area contributed by atoms with Gasteiger partial charge in [-0.2, -0.15) is 0 Å². The zero-order valence-electron chi connectivity index (χ0n) is 25.3. The Kier molecular flexibility index (Phi) is 6.19. The summed E-state index contributed by atoms with van der Waals surface area (Å²) < 4.78 is 11.3. The van der Waals surface area contributed by atoms with Crippen LogP contribution in [-0.4, -0.2) is 30.9 Å². The van der Waals surface area contributed by atoms with E-state index < -0.39 is 5.41 Å². The minimum atomic E-state index is -0.545. The van der Waals surface area contributed by atoms with Crippen LogP contribution in [-0.2, 0) is 23.9 Å². The van der Waals surface area contributed by atoms with Crippen LogP contribution in [0.15, 0.2) is 11.6 Å². The highest BCUT2D eigenvalue weighted by Crippen LogP contribution is 2.75. The molecule has 4 saturated carbocycles. The molecular formula is C33H50O5. The molecule has 0 aromatic carbocycles. The standard InChI is InChI=1S/C33H50O5/c1-20(34)38-25-11-12-30(6)23(29(25,4)5)10-13-31(7)24(30)18-22(35)26-21-19-28(2,3)14-16-33(21,27(36)37-9)17-15-32(26,31)8/h18,21,23,25-26H,10-17,19H2,1-9H3/t21-,23-,25-,26-,30-,31+,32+,33-/m0/s1. The lowest BCUT2D eigenvalue weighted by Gasteiger charge is -2.70. The van der Waals surface area contributed by atoms with Gasteiger partial charge in [0.15, 0.2) is 5.78 Å². The molecule has 0 aromatic rings. The van der Waals surface area contributed by atoms with Gasteiger partial charge in [-0.15, -0.1) is 0 Å². The van der Waals surface area contributed by atoms with Crippen LogP contribution < -0.4 is 0 Å². The predicted octanol–water partition coefficient (Wildman–Crippen LogP) is 7.07. The first kappa shape index (κ1) is 27.9. The summed E-state index contributed by atoms with van der Waals surface area (Å²) in [7, 11) is 1.51. The molecule has 5 heteroatoms. The van der Waals surface area contributed by atoms with Crippen LogP contribution in [0, 0.1) is 50.2 Å². The number of esters is 2. The number of ether oxygens (including phenoxy) is 2. The van der Waals surface area contributed by atoms with Gasteiger partial charge in [-0.05, 0) is 97.4 Å². The van der Waals surface area contributed by atoms with Crippen LogP contribution >= 0.6 is 0 Å². The van der Waals surface area contributed by atoms with E-state index in [1.807, 2.05) is 0 Å². The summed E-state index contributed by atoms with van der Waals surface area (Å²) in [6.45, 7) is 17.8. The average Bonchev–Trinajstić information content (AvgIpc) is 2.81. The molecule has 5 aliphatic carbocycles. The molecule has 0 N–H and O–H groups in total. The van der Waals surface area contributed by atoms with Gasteiger partial charge in [0.05, 0.1) is 12.5 Å². The average molecular weight is 527 g/mol. The summed E-state index contributed by atoms with van der Waals surface area (Å²) >= 11 is 0. The Hall–Kier alpha value is -1.65. The first-order chi connectivity index (χ1) is 17.5.